The van der Waals surface area contributed by atoms with E-state index in [1.54, 1.807) is 0 Å². The highest BCUT2D eigenvalue weighted by Gasteiger charge is 2.37. The summed E-state index contributed by atoms with van der Waals surface area (Å²) in [7, 11) is 0. The van der Waals surface area contributed by atoms with Crippen LogP contribution in [0.3, 0.4) is 0 Å². The Morgan fingerprint density at radius 3 is 1.97 bits per heavy atom. The Bertz CT molecular complexity index is 852. The van der Waals surface area contributed by atoms with E-state index in [1.165, 1.54) is 0 Å². The fourth-order valence-corrected chi connectivity index (χ4v) is 5.30. The van der Waals surface area contributed by atoms with Crippen LogP contribution in [-0.4, -0.2) is 65.3 Å². The number of anilines is 1. The molecule has 0 unspecified atom stereocenters. The molecule has 2 aliphatic carbocycles. The third-order valence-electron chi connectivity index (χ3n) is 7.41. The first-order chi connectivity index (χ1) is 15.1. The summed E-state index contributed by atoms with van der Waals surface area (Å²) in [6, 6.07) is 7.94. The van der Waals surface area contributed by atoms with E-state index < -0.39 is 0 Å². The minimum atomic E-state index is -0.0180. The van der Waals surface area contributed by atoms with Crippen LogP contribution in [0, 0.1) is 17.8 Å². The molecule has 31 heavy (non-hydrogen) atoms. The van der Waals surface area contributed by atoms with Crippen LogP contribution in [-0.2, 0) is 16.1 Å². The number of carbonyl (C=O) groups is 3. The lowest BCUT2D eigenvalue weighted by molar-refractivity contribution is -0.143. The molecule has 0 aromatic heterocycles. The normalized spacial score (nSPS) is 26.3. The molecular formula is C24H32N4O3. The molecule has 166 valence electrons. The van der Waals surface area contributed by atoms with Crippen molar-refractivity contribution in [3.63, 3.8) is 0 Å². The molecule has 0 bridgehead atoms. The number of urea groups is 1. The fraction of sp³-hybridized carbons (Fsp3) is 0.625. The van der Waals surface area contributed by atoms with Crippen molar-refractivity contribution >= 4 is 23.5 Å². The van der Waals surface area contributed by atoms with Gasteiger partial charge in [0.25, 0.3) is 0 Å². The highest BCUT2D eigenvalue weighted by atomic mass is 16.2. The number of benzene rings is 1. The van der Waals surface area contributed by atoms with Crippen LogP contribution in [0.5, 0.6) is 0 Å². The first-order valence-corrected chi connectivity index (χ1v) is 11.8. The molecule has 4 aliphatic rings. The molecule has 1 N–H and O–H groups in total. The number of rotatable bonds is 4. The second-order valence-electron chi connectivity index (χ2n) is 9.61. The summed E-state index contributed by atoms with van der Waals surface area (Å²) >= 11 is 0. The van der Waals surface area contributed by atoms with Crippen molar-refractivity contribution in [1.82, 2.24) is 14.7 Å². The zero-order valence-corrected chi connectivity index (χ0v) is 18.1. The van der Waals surface area contributed by atoms with Crippen LogP contribution in [0.15, 0.2) is 24.3 Å². The van der Waals surface area contributed by atoms with Gasteiger partial charge in [-0.05, 0) is 56.1 Å². The summed E-state index contributed by atoms with van der Waals surface area (Å²) in [6.45, 7) is 4.12. The van der Waals surface area contributed by atoms with Crippen molar-refractivity contribution in [1.29, 1.82) is 0 Å². The fourth-order valence-electron chi connectivity index (χ4n) is 5.30. The molecule has 4 amide bonds. The van der Waals surface area contributed by atoms with Gasteiger partial charge in [0.05, 0.1) is 0 Å². The van der Waals surface area contributed by atoms with Crippen molar-refractivity contribution in [3.8, 4) is 0 Å². The lowest BCUT2D eigenvalue weighted by Gasteiger charge is -2.39. The van der Waals surface area contributed by atoms with E-state index in [1.807, 2.05) is 32.9 Å². The first kappa shape index (κ1) is 20.3. The Hall–Kier alpha value is -2.57. The number of nitrogens with one attached hydrogen (secondary N) is 1. The minimum Gasteiger partial charge on any atom is -0.339 e. The molecule has 1 aromatic rings. The molecule has 7 nitrogen and oxygen atoms in total. The van der Waals surface area contributed by atoms with Gasteiger partial charge in [0.15, 0.2) is 0 Å². The molecule has 2 saturated carbocycles. The second kappa shape index (κ2) is 8.52. The van der Waals surface area contributed by atoms with Gasteiger partial charge in [0, 0.05) is 56.8 Å². The van der Waals surface area contributed by atoms with Crippen molar-refractivity contribution in [2.24, 2.45) is 17.8 Å². The third-order valence-corrected chi connectivity index (χ3v) is 7.41. The molecule has 0 spiro atoms. The predicted molar refractivity (Wildman–Crippen MR) is 117 cm³/mol. The summed E-state index contributed by atoms with van der Waals surface area (Å²) in [4.78, 5) is 43.5. The summed E-state index contributed by atoms with van der Waals surface area (Å²) in [6.07, 6.45) is 5.84. The standard InChI is InChI=1S/C24H32N4O3/c29-22(26-11-13-27(14-12-26)23(30)19-9-10-19)18-7-5-17(6-8-18)15-28-16-20-3-1-2-4-21(20)25-24(28)31/h1-4,17-19H,5-16H2,(H,25,31)/t17-,18-. The molecule has 5 rings (SSSR count). The monoisotopic (exact) mass is 424 g/mol. The number of nitrogens with zero attached hydrogens (tertiary/aromatic N) is 3. The lowest BCUT2D eigenvalue weighted by atomic mass is 9.81. The minimum absolute atomic E-state index is 0.0180. The maximum absolute atomic E-state index is 13.0. The van der Waals surface area contributed by atoms with E-state index in [4.69, 9.17) is 0 Å². The van der Waals surface area contributed by atoms with Crippen LogP contribution in [0.25, 0.3) is 0 Å². The number of fused-ring (bicyclic) bond motifs is 1. The summed E-state index contributed by atoms with van der Waals surface area (Å²) in [5, 5.41) is 2.99. The Morgan fingerprint density at radius 2 is 1.39 bits per heavy atom. The van der Waals surface area contributed by atoms with Gasteiger partial charge in [-0.1, -0.05) is 18.2 Å². The largest absolute Gasteiger partial charge is 0.339 e. The Balaban J connectivity index is 1.08. The number of amides is 4. The van der Waals surface area contributed by atoms with Crippen LogP contribution in [0.2, 0.25) is 0 Å². The van der Waals surface area contributed by atoms with E-state index in [0.29, 0.717) is 38.6 Å². The maximum atomic E-state index is 13.0. The summed E-state index contributed by atoms with van der Waals surface area (Å²) in [5.41, 5.74) is 2.07. The topological polar surface area (TPSA) is 73.0 Å². The van der Waals surface area contributed by atoms with Gasteiger partial charge in [-0.15, -0.1) is 0 Å². The van der Waals surface area contributed by atoms with E-state index in [2.05, 4.69) is 11.4 Å². The average molecular weight is 425 g/mol. The third kappa shape index (κ3) is 4.41. The van der Waals surface area contributed by atoms with Gasteiger partial charge in [0.1, 0.15) is 0 Å². The van der Waals surface area contributed by atoms with Crippen LogP contribution in [0.1, 0.15) is 44.1 Å². The molecule has 0 atom stereocenters. The van der Waals surface area contributed by atoms with Gasteiger partial charge in [-0.25, -0.2) is 4.79 Å². The SMILES string of the molecule is O=C(C1CC1)N1CCN(C(=O)[C@H]2CC[C@H](CN3Cc4ccccc4NC3=O)CC2)CC1. The molecule has 7 heteroatoms. The molecular weight excluding hydrogens is 392 g/mol. The molecule has 2 aliphatic heterocycles. The van der Waals surface area contributed by atoms with Crippen molar-refractivity contribution in [3.05, 3.63) is 29.8 Å². The van der Waals surface area contributed by atoms with Gasteiger partial charge in [-0.2, -0.15) is 0 Å². The average Bonchev–Trinajstić information content (AvgIpc) is 3.65. The Kier molecular flexibility index (Phi) is 5.59. The van der Waals surface area contributed by atoms with Gasteiger partial charge < -0.3 is 20.0 Å². The van der Waals surface area contributed by atoms with E-state index >= 15 is 0 Å². The lowest BCUT2D eigenvalue weighted by Crippen LogP contribution is -2.52. The Labute approximate surface area is 183 Å². The number of carbonyl (C=O) groups excluding carboxylic acids is 3. The van der Waals surface area contributed by atoms with E-state index in [9.17, 15) is 14.4 Å². The smallest absolute Gasteiger partial charge is 0.322 e. The molecule has 2 heterocycles. The van der Waals surface area contributed by atoms with E-state index in [0.717, 1.165) is 56.3 Å². The highest BCUT2D eigenvalue weighted by Crippen LogP contribution is 2.33. The molecule has 1 aromatic carbocycles. The molecule has 3 fully saturated rings. The zero-order valence-electron chi connectivity index (χ0n) is 18.1. The van der Waals surface area contributed by atoms with Gasteiger partial charge in [-0.3, -0.25) is 9.59 Å². The highest BCUT2D eigenvalue weighted by molar-refractivity contribution is 5.92. The molecule has 0 radical (unpaired) electrons. The van der Waals surface area contributed by atoms with Crippen molar-refractivity contribution in [2.45, 2.75) is 45.1 Å². The second-order valence-corrected chi connectivity index (χ2v) is 9.61. The first-order valence-electron chi connectivity index (χ1n) is 11.8. The molecule has 1 saturated heterocycles. The zero-order chi connectivity index (χ0) is 21.4. The van der Waals surface area contributed by atoms with Crippen LogP contribution >= 0.6 is 0 Å². The van der Waals surface area contributed by atoms with Crippen LogP contribution < -0.4 is 5.32 Å². The van der Waals surface area contributed by atoms with Crippen molar-refractivity contribution in [2.75, 3.05) is 38.0 Å². The van der Waals surface area contributed by atoms with Crippen LogP contribution in [0.4, 0.5) is 10.5 Å². The number of hydrogen-bond donors (Lipinski definition) is 1. The summed E-state index contributed by atoms with van der Waals surface area (Å²) in [5.74, 6) is 1.36. The Morgan fingerprint density at radius 1 is 0.839 bits per heavy atom. The predicted octanol–water partition coefficient (Wildman–Crippen LogP) is 2.92. The van der Waals surface area contributed by atoms with Crippen molar-refractivity contribution < 1.29 is 14.4 Å². The maximum Gasteiger partial charge on any atom is 0.322 e. The summed E-state index contributed by atoms with van der Waals surface area (Å²) < 4.78 is 0. The number of piperazine rings is 1. The quantitative estimate of drug-likeness (QED) is 0.808. The number of hydrogen-bond acceptors (Lipinski definition) is 3. The number of para-hydroxylation sites is 1. The van der Waals surface area contributed by atoms with Gasteiger partial charge in [0.2, 0.25) is 11.8 Å². The van der Waals surface area contributed by atoms with E-state index in [-0.39, 0.29) is 29.7 Å². The van der Waals surface area contributed by atoms with Gasteiger partial charge >= 0.3 is 6.03 Å².